The Morgan fingerprint density at radius 2 is 2.11 bits per heavy atom. The molecule has 1 heterocycles. The van der Waals surface area contributed by atoms with E-state index in [9.17, 15) is 4.79 Å². The van der Waals surface area contributed by atoms with Crippen molar-refractivity contribution >= 4 is 27.5 Å². The smallest absolute Gasteiger partial charge is 0.264 e. The molecule has 1 aliphatic heterocycles. The molecule has 0 radical (unpaired) electrons. The second kappa shape index (κ2) is 8.45. The zero-order valence-corrected chi connectivity index (χ0v) is 17.0. The Morgan fingerprint density at radius 3 is 2.85 bits per heavy atom. The molecule has 0 aliphatic carbocycles. The average molecular weight is 429 g/mol. The number of amides is 1. The summed E-state index contributed by atoms with van der Waals surface area (Å²) in [6, 6.07) is 11.5. The van der Waals surface area contributed by atoms with Crippen molar-refractivity contribution in [3.63, 3.8) is 0 Å². The zero-order chi connectivity index (χ0) is 19.4. The number of carbonyl (C=O) groups is 1. The summed E-state index contributed by atoms with van der Waals surface area (Å²) in [5.41, 5.74) is 3.82. The summed E-state index contributed by atoms with van der Waals surface area (Å²) in [7, 11) is 0. The lowest BCUT2D eigenvalue weighted by Crippen LogP contribution is -2.38. The van der Waals surface area contributed by atoms with Gasteiger partial charge in [0.2, 0.25) is 0 Å². The van der Waals surface area contributed by atoms with Gasteiger partial charge in [-0.2, -0.15) is 5.26 Å². The van der Waals surface area contributed by atoms with E-state index in [-0.39, 0.29) is 12.5 Å². The number of nitriles is 1. The third-order valence-electron chi connectivity index (χ3n) is 4.43. The fraction of sp³-hybridized carbons (Fsp3) is 0.333. The van der Waals surface area contributed by atoms with E-state index >= 15 is 0 Å². The highest BCUT2D eigenvalue weighted by atomic mass is 79.9. The van der Waals surface area contributed by atoms with Gasteiger partial charge in [0.1, 0.15) is 0 Å². The van der Waals surface area contributed by atoms with Gasteiger partial charge in [-0.3, -0.25) is 4.79 Å². The minimum absolute atomic E-state index is 0.0986. The van der Waals surface area contributed by atoms with Gasteiger partial charge >= 0.3 is 0 Å². The molecule has 0 aromatic heterocycles. The van der Waals surface area contributed by atoms with Crippen molar-refractivity contribution in [1.29, 1.82) is 5.26 Å². The van der Waals surface area contributed by atoms with Crippen molar-refractivity contribution in [3.05, 3.63) is 51.5 Å². The van der Waals surface area contributed by atoms with Crippen LogP contribution in [-0.2, 0) is 11.2 Å². The van der Waals surface area contributed by atoms with E-state index in [1.807, 2.05) is 19.1 Å². The fourth-order valence-electron chi connectivity index (χ4n) is 3.23. The molecule has 5 nitrogen and oxygen atoms in total. The van der Waals surface area contributed by atoms with Crippen LogP contribution in [0.5, 0.6) is 11.5 Å². The highest BCUT2D eigenvalue weighted by Gasteiger charge is 2.23. The molecule has 0 bridgehead atoms. The highest BCUT2D eigenvalue weighted by Crippen LogP contribution is 2.37. The van der Waals surface area contributed by atoms with Gasteiger partial charge in [-0.25, -0.2) is 0 Å². The molecule has 3 rings (SSSR count). The topological polar surface area (TPSA) is 62.6 Å². The first-order chi connectivity index (χ1) is 13.0. The summed E-state index contributed by atoms with van der Waals surface area (Å²) < 4.78 is 12.0. The summed E-state index contributed by atoms with van der Waals surface area (Å²) in [5, 5.41) is 9.12. The number of nitrogens with zero attached hydrogens (tertiary/aromatic N) is 2. The molecule has 0 atom stereocenters. The second-order valence-electron chi connectivity index (χ2n) is 6.40. The van der Waals surface area contributed by atoms with Gasteiger partial charge in [0.15, 0.2) is 18.1 Å². The molecule has 0 N–H and O–H groups in total. The van der Waals surface area contributed by atoms with Gasteiger partial charge in [-0.05, 0) is 60.3 Å². The first kappa shape index (κ1) is 19.2. The number of fused-ring (bicyclic) bond motifs is 1. The van der Waals surface area contributed by atoms with Gasteiger partial charge in [0, 0.05) is 18.3 Å². The molecule has 140 valence electrons. The van der Waals surface area contributed by atoms with Gasteiger partial charge in [-0.1, -0.05) is 17.7 Å². The average Bonchev–Trinajstić information content (AvgIpc) is 2.66. The molecule has 0 saturated heterocycles. The van der Waals surface area contributed by atoms with Crippen LogP contribution in [0.4, 0.5) is 5.69 Å². The molecule has 0 spiro atoms. The summed E-state index contributed by atoms with van der Waals surface area (Å²) in [4.78, 5) is 14.6. The van der Waals surface area contributed by atoms with E-state index in [2.05, 4.69) is 35.0 Å². The van der Waals surface area contributed by atoms with Crippen LogP contribution in [-0.4, -0.2) is 25.7 Å². The highest BCUT2D eigenvalue weighted by molar-refractivity contribution is 9.10. The largest absolute Gasteiger partial charge is 0.490 e. The zero-order valence-electron chi connectivity index (χ0n) is 15.4. The maximum Gasteiger partial charge on any atom is 0.264 e. The van der Waals surface area contributed by atoms with Gasteiger partial charge in [0.25, 0.3) is 5.91 Å². The molecule has 2 aromatic carbocycles. The number of anilines is 1. The SMILES string of the molecule is CCOc1cc(C#N)cc(Br)c1OCC(=O)N1CCCc2cc(C)ccc21. The monoisotopic (exact) mass is 428 g/mol. The van der Waals surface area contributed by atoms with Gasteiger partial charge in [-0.15, -0.1) is 0 Å². The van der Waals surface area contributed by atoms with Crippen molar-refractivity contribution in [1.82, 2.24) is 0 Å². The number of carbonyl (C=O) groups excluding carboxylic acids is 1. The molecule has 27 heavy (non-hydrogen) atoms. The second-order valence-corrected chi connectivity index (χ2v) is 7.25. The Morgan fingerprint density at radius 1 is 1.30 bits per heavy atom. The lowest BCUT2D eigenvalue weighted by atomic mass is 9.99. The van der Waals surface area contributed by atoms with Crippen LogP contribution in [0.2, 0.25) is 0 Å². The Hall–Kier alpha value is -2.52. The molecular weight excluding hydrogens is 408 g/mol. The predicted molar refractivity (Wildman–Crippen MR) is 107 cm³/mol. The first-order valence-electron chi connectivity index (χ1n) is 8.92. The lowest BCUT2D eigenvalue weighted by Gasteiger charge is -2.30. The molecule has 1 aliphatic rings. The standard InChI is InChI=1S/C21H21BrN2O3/c1-3-26-19-11-15(12-23)10-17(22)21(19)27-13-20(25)24-8-4-5-16-9-14(2)6-7-18(16)24/h6-7,9-11H,3-5,8,13H2,1-2H3. The Balaban J connectivity index is 1.78. The van der Waals surface area contributed by atoms with Crippen molar-refractivity contribution in [3.8, 4) is 17.6 Å². The van der Waals surface area contributed by atoms with E-state index in [1.165, 1.54) is 11.1 Å². The van der Waals surface area contributed by atoms with Crippen LogP contribution in [0.25, 0.3) is 0 Å². The maximum absolute atomic E-state index is 12.8. The number of rotatable bonds is 5. The molecule has 1 amide bonds. The molecule has 6 heteroatoms. The Labute approximate surface area is 167 Å². The van der Waals surface area contributed by atoms with Crippen molar-refractivity contribution in [2.45, 2.75) is 26.7 Å². The van der Waals surface area contributed by atoms with Crippen LogP contribution in [0.15, 0.2) is 34.8 Å². The molecular formula is C21H21BrN2O3. The van der Waals surface area contributed by atoms with Crippen LogP contribution in [0, 0.1) is 18.3 Å². The number of halogens is 1. The summed E-state index contributed by atoms with van der Waals surface area (Å²) in [6.45, 7) is 4.93. The fourth-order valence-corrected chi connectivity index (χ4v) is 3.79. The Kier molecular flexibility index (Phi) is 6.02. The molecule has 0 unspecified atom stereocenters. The van der Waals surface area contributed by atoms with E-state index in [1.54, 1.807) is 17.0 Å². The van der Waals surface area contributed by atoms with E-state index in [0.717, 1.165) is 18.5 Å². The Bertz CT molecular complexity index is 905. The van der Waals surface area contributed by atoms with Crippen molar-refractivity contribution in [2.24, 2.45) is 0 Å². The number of hydrogen-bond acceptors (Lipinski definition) is 4. The summed E-state index contributed by atoms with van der Waals surface area (Å²) in [5.74, 6) is 0.787. The maximum atomic E-state index is 12.8. The quantitative estimate of drug-likeness (QED) is 0.708. The minimum atomic E-state index is -0.0993. The number of aryl methyl sites for hydroxylation is 2. The third kappa shape index (κ3) is 4.25. The van der Waals surface area contributed by atoms with Crippen molar-refractivity contribution < 1.29 is 14.3 Å². The van der Waals surface area contributed by atoms with Crippen LogP contribution in [0.1, 0.15) is 30.0 Å². The van der Waals surface area contributed by atoms with Crippen LogP contribution in [0.3, 0.4) is 0 Å². The number of ether oxygens (including phenoxy) is 2. The normalized spacial score (nSPS) is 12.9. The lowest BCUT2D eigenvalue weighted by molar-refractivity contribution is -0.120. The summed E-state index contributed by atoms with van der Waals surface area (Å²) >= 11 is 3.41. The predicted octanol–water partition coefficient (Wildman–Crippen LogP) is 4.39. The molecule has 0 fully saturated rings. The number of hydrogen-bond donors (Lipinski definition) is 0. The summed E-state index contributed by atoms with van der Waals surface area (Å²) in [6.07, 6.45) is 1.92. The van der Waals surface area contributed by atoms with E-state index in [4.69, 9.17) is 14.7 Å². The van der Waals surface area contributed by atoms with Gasteiger partial charge < -0.3 is 14.4 Å². The first-order valence-corrected chi connectivity index (χ1v) is 9.72. The van der Waals surface area contributed by atoms with Crippen LogP contribution >= 0.6 is 15.9 Å². The van der Waals surface area contributed by atoms with E-state index < -0.39 is 0 Å². The molecule has 0 saturated carbocycles. The van der Waals surface area contributed by atoms with Crippen LogP contribution < -0.4 is 14.4 Å². The van der Waals surface area contributed by atoms with E-state index in [0.29, 0.717) is 34.7 Å². The minimum Gasteiger partial charge on any atom is -0.490 e. The van der Waals surface area contributed by atoms with Gasteiger partial charge in [0.05, 0.1) is 22.7 Å². The third-order valence-corrected chi connectivity index (χ3v) is 5.02. The number of benzene rings is 2. The molecule has 2 aromatic rings. The van der Waals surface area contributed by atoms with Crippen molar-refractivity contribution in [2.75, 3.05) is 24.7 Å².